The highest BCUT2D eigenvalue weighted by Gasteiger charge is 2.30. The highest BCUT2D eigenvalue weighted by atomic mass is 35.5. The number of nitrogens with one attached hydrogen (secondary N) is 1. The molecular weight excluding hydrogens is 382 g/mol. The lowest BCUT2D eigenvalue weighted by Gasteiger charge is -2.37. The van der Waals surface area contributed by atoms with E-state index in [4.69, 9.17) is 21.1 Å². The van der Waals surface area contributed by atoms with Gasteiger partial charge in [0.1, 0.15) is 11.4 Å². The summed E-state index contributed by atoms with van der Waals surface area (Å²) in [7, 11) is 1.54. The number of nitrogens with zero attached hydrogens (tertiary/aromatic N) is 2. The Balaban J connectivity index is 1.95. The minimum Gasteiger partial charge on any atom is -0.495 e. The van der Waals surface area contributed by atoms with E-state index in [2.05, 4.69) is 5.32 Å². The Morgan fingerprint density at radius 1 is 1.18 bits per heavy atom. The zero-order chi connectivity index (χ0) is 21.1. The molecule has 1 aliphatic rings. The fourth-order valence-corrected chi connectivity index (χ4v) is 3.10. The van der Waals surface area contributed by atoms with Gasteiger partial charge in [0.15, 0.2) is 0 Å². The molecule has 156 valence electrons. The molecule has 7 nitrogen and oxygen atoms in total. The van der Waals surface area contributed by atoms with E-state index in [-0.39, 0.29) is 18.0 Å². The minimum absolute atomic E-state index is 0.134. The number of carbonyl (C=O) groups is 2. The number of anilines is 1. The summed E-state index contributed by atoms with van der Waals surface area (Å²) in [5.74, 6) is 0.386. The van der Waals surface area contributed by atoms with Crippen molar-refractivity contribution in [2.24, 2.45) is 0 Å². The normalized spacial score (nSPS) is 16.5. The Labute approximate surface area is 171 Å². The van der Waals surface area contributed by atoms with E-state index < -0.39 is 5.60 Å². The maximum absolute atomic E-state index is 12.7. The van der Waals surface area contributed by atoms with E-state index in [1.807, 2.05) is 39.5 Å². The van der Waals surface area contributed by atoms with E-state index in [9.17, 15) is 9.59 Å². The molecule has 1 aliphatic heterocycles. The van der Waals surface area contributed by atoms with E-state index in [0.29, 0.717) is 42.6 Å². The van der Waals surface area contributed by atoms with Crippen molar-refractivity contribution in [3.05, 3.63) is 22.7 Å². The van der Waals surface area contributed by atoms with Crippen LogP contribution in [0.2, 0.25) is 5.02 Å². The molecule has 8 heteroatoms. The second-order valence-corrected chi connectivity index (χ2v) is 8.38. The number of ether oxygens (including phenoxy) is 2. The second-order valence-electron chi connectivity index (χ2n) is 7.97. The molecule has 1 saturated heterocycles. The molecule has 0 radical (unpaired) electrons. The van der Waals surface area contributed by atoms with Crippen molar-refractivity contribution in [2.75, 3.05) is 38.6 Å². The number of amides is 2. The third-order valence-electron chi connectivity index (χ3n) is 4.63. The zero-order valence-corrected chi connectivity index (χ0v) is 18.2. The van der Waals surface area contributed by atoms with Crippen molar-refractivity contribution in [3.63, 3.8) is 0 Å². The van der Waals surface area contributed by atoms with Crippen LogP contribution in [-0.4, -0.2) is 66.7 Å². The summed E-state index contributed by atoms with van der Waals surface area (Å²) >= 11 is 6.12. The first-order chi connectivity index (χ1) is 13.0. The summed E-state index contributed by atoms with van der Waals surface area (Å²) < 4.78 is 10.7. The Morgan fingerprint density at radius 3 is 2.32 bits per heavy atom. The van der Waals surface area contributed by atoms with Crippen molar-refractivity contribution >= 4 is 29.3 Å². The van der Waals surface area contributed by atoms with Gasteiger partial charge in [-0.1, -0.05) is 11.6 Å². The monoisotopic (exact) mass is 411 g/mol. The summed E-state index contributed by atoms with van der Waals surface area (Å²) in [6.45, 7) is 11.5. The number of piperazine rings is 1. The van der Waals surface area contributed by atoms with E-state index >= 15 is 0 Å². The average molecular weight is 412 g/mol. The van der Waals surface area contributed by atoms with Crippen molar-refractivity contribution in [3.8, 4) is 5.75 Å². The fraction of sp³-hybridized carbons (Fsp3) is 0.600. The Hall–Kier alpha value is -1.99. The van der Waals surface area contributed by atoms with E-state index in [0.717, 1.165) is 5.56 Å². The van der Waals surface area contributed by atoms with Crippen LogP contribution in [0.25, 0.3) is 0 Å². The lowest BCUT2D eigenvalue weighted by molar-refractivity contribution is -0.121. The number of carbonyl (C=O) groups excluding carboxylic acids is 2. The third-order valence-corrected chi connectivity index (χ3v) is 5.04. The van der Waals surface area contributed by atoms with E-state index in [1.54, 1.807) is 17.0 Å². The average Bonchev–Trinajstić information content (AvgIpc) is 2.62. The van der Waals surface area contributed by atoms with Crippen LogP contribution < -0.4 is 10.1 Å². The number of benzene rings is 1. The second kappa shape index (κ2) is 9.01. The first kappa shape index (κ1) is 22.3. The number of halogens is 1. The first-order valence-electron chi connectivity index (χ1n) is 9.39. The molecule has 1 unspecified atom stereocenters. The maximum atomic E-state index is 12.7. The number of rotatable bonds is 4. The van der Waals surface area contributed by atoms with Crippen molar-refractivity contribution in [2.45, 2.75) is 46.3 Å². The molecule has 1 aromatic carbocycles. The SMILES string of the molecule is COc1cc(Cl)c(C)cc1NC(=O)C(C)N1CCN(C(=O)OC(C)(C)C)CC1. The number of methoxy groups -OCH3 is 1. The summed E-state index contributed by atoms with van der Waals surface area (Å²) in [5.41, 5.74) is 0.932. The van der Waals surface area contributed by atoms with Crippen LogP contribution in [0.15, 0.2) is 12.1 Å². The van der Waals surface area contributed by atoms with Gasteiger partial charge in [-0.25, -0.2) is 4.79 Å². The molecule has 1 aromatic rings. The molecular formula is C20H30ClN3O4. The molecule has 1 fully saturated rings. The largest absolute Gasteiger partial charge is 0.495 e. The van der Waals surface area contributed by atoms with Gasteiger partial charge >= 0.3 is 6.09 Å². The van der Waals surface area contributed by atoms with Crippen LogP contribution in [0.4, 0.5) is 10.5 Å². The van der Waals surface area contributed by atoms with Crippen LogP contribution in [0.5, 0.6) is 5.75 Å². The molecule has 0 saturated carbocycles. The molecule has 0 bridgehead atoms. The van der Waals surface area contributed by atoms with E-state index in [1.165, 1.54) is 7.11 Å². The molecule has 2 rings (SSSR count). The standard InChI is InChI=1S/C20H30ClN3O4/c1-13-11-16(17(27-6)12-15(13)21)22-18(25)14(2)23-7-9-24(10-8-23)19(26)28-20(3,4)5/h11-12,14H,7-10H2,1-6H3,(H,22,25). The maximum Gasteiger partial charge on any atom is 0.410 e. The zero-order valence-electron chi connectivity index (χ0n) is 17.5. The summed E-state index contributed by atoms with van der Waals surface area (Å²) in [6, 6.07) is 3.14. The smallest absolute Gasteiger partial charge is 0.410 e. The van der Waals surface area contributed by atoms with Gasteiger partial charge in [0, 0.05) is 37.3 Å². The molecule has 2 amide bonds. The molecule has 0 aromatic heterocycles. The predicted molar refractivity (Wildman–Crippen MR) is 110 cm³/mol. The molecule has 1 N–H and O–H groups in total. The fourth-order valence-electron chi connectivity index (χ4n) is 2.95. The lowest BCUT2D eigenvalue weighted by Crippen LogP contribution is -2.54. The van der Waals surface area contributed by atoms with Crippen LogP contribution in [-0.2, 0) is 9.53 Å². The van der Waals surface area contributed by atoms with Gasteiger partial charge in [-0.3, -0.25) is 9.69 Å². The van der Waals surface area contributed by atoms with Crippen molar-refractivity contribution in [1.29, 1.82) is 0 Å². The van der Waals surface area contributed by atoms with Crippen LogP contribution in [0.1, 0.15) is 33.3 Å². The quantitative estimate of drug-likeness (QED) is 0.820. The first-order valence-corrected chi connectivity index (χ1v) is 9.76. The van der Waals surface area contributed by atoms with Crippen LogP contribution in [0, 0.1) is 6.92 Å². The topological polar surface area (TPSA) is 71.1 Å². The number of hydrogen-bond acceptors (Lipinski definition) is 5. The van der Waals surface area contributed by atoms with Gasteiger partial charge in [0.25, 0.3) is 0 Å². The molecule has 1 atom stereocenters. The van der Waals surface area contributed by atoms with Crippen molar-refractivity contribution in [1.82, 2.24) is 9.80 Å². The highest BCUT2D eigenvalue weighted by molar-refractivity contribution is 6.31. The van der Waals surface area contributed by atoms with Gasteiger partial charge in [0.05, 0.1) is 18.8 Å². The van der Waals surface area contributed by atoms with Crippen molar-refractivity contribution < 1.29 is 19.1 Å². The minimum atomic E-state index is -0.517. The number of hydrogen-bond donors (Lipinski definition) is 1. The summed E-state index contributed by atoms with van der Waals surface area (Å²) in [5, 5.41) is 3.51. The molecule has 28 heavy (non-hydrogen) atoms. The summed E-state index contributed by atoms with van der Waals surface area (Å²) in [6.07, 6.45) is -0.314. The Kier molecular flexibility index (Phi) is 7.17. The Morgan fingerprint density at radius 2 is 1.79 bits per heavy atom. The predicted octanol–water partition coefficient (Wildman–Crippen LogP) is 3.54. The molecule has 1 heterocycles. The third kappa shape index (κ3) is 5.75. The van der Waals surface area contributed by atoms with Gasteiger partial charge in [-0.05, 0) is 46.2 Å². The van der Waals surface area contributed by atoms with Gasteiger partial charge in [-0.15, -0.1) is 0 Å². The van der Waals surface area contributed by atoms with Crippen LogP contribution in [0.3, 0.4) is 0 Å². The Bertz CT molecular complexity index is 725. The number of aryl methyl sites for hydroxylation is 1. The molecule has 0 aliphatic carbocycles. The molecule has 0 spiro atoms. The van der Waals surface area contributed by atoms with Gasteiger partial charge < -0.3 is 19.7 Å². The van der Waals surface area contributed by atoms with Gasteiger partial charge in [0.2, 0.25) is 5.91 Å². The summed E-state index contributed by atoms with van der Waals surface area (Å²) in [4.78, 5) is 28.6. The lowest BCUT2D eigenvalue weighted by atomic mass is 10.1. The van der Waals surface area contributed by atoms with Crippen LogP contribution >= 0.6 is 11.6 Å². The van der Waals surface area contributed by atoms with Gasteiger partial charge in [-0.2, -0.15) is 0 Å². The highest BCUT2D eigenvalue weighted by Crippen LogP contribution is 2.31.